The van der Waals surface area contributed by atoms with Gasteiger partial charge in [-0.3, -0.25) is 0 Å². The number of hydrogen-bond donors (Lipinski definition) is 0. The van der Waals surface area contributed by atoms with Crippen molar-refractivity contribution in [2.45, 2.75) is 65.3 Å². The largest absolute Gasteiger partial charge is 0.301 e. The fourth-order valence-corrected chi connectivity index (χ4v) is 3.22. The van der Waals surface area contributed by atoms with Gasteiger partial charge in [-0.2, -0.15) is 0 Å². The summed E-state index contributed by atoms with van der Waals surface area (Å²) in [5.41, 5.74) is 0.796. The molecule has 88 valence electrons. The first-order chi connectivity index (χ1) is 7.15. The van der Waals surface area contributed by atoms with E-state index in [1.165, 1.54) is 51.6 Å². The van der Waals surface area contributed by atoms with Crippen LogP contribution in [0, 0.1) is 11.3 Å². The Morgan fingerprint density at radius 3 is 2.60 bits per heavy atom. The molecule has 0 aromatic rings. The van der Waals surface area contributed by atoms with Crippen molar-refractivity contribution in [3.63, 3.8) is 0 Å². The van der Waals surface area contributed by atoms with E-state index in [4.69, 9.17) is 0 Å². The molecule has 0 amide bonds. The Bertz CT molecular complexity index is 205. The Morgan fingerprint density at radius 2 is 2.07 bits per heavy atom. The van der Waals surface area contributed by atoms with Crippen molar-refractivity contribution in [2.24, 2.45) is 11.3 Å². The molecule has 1 heteroatoms. The summed E-state index contributed by atoms with van der Waals surface area (Å²) in [4.78, 5) is 2.68. The lowest BCUT2D eigenvalue weighted by Crippen LogP contribution is -2.40. The van der Waals surface area contributed by atoms with Gasteiger partial charge in [0.15, 0.2) is 0 Å². The second-order valence-electron chi connectivity index (χ2n) is 6.15. The van der Waals surface area contributed by atoms with Gasteiger partial charge in [-0.1, -0.05) is 13.3 Å². The van der Waals surface area contributed by atoms with Crippen molar-refractivity contribution in [3.05, 3.63) is 0 Å². The molecule has 2 rings (SSSR count). The SMILES string of the molecule is CCC1(CC2CCCN(C(C)C)C2)CC1. The molecule has 0 bridgehead atoms. The minimum atomic E-state index is 0.754. The standard InChI is InChI=1S/C14H27N/c1-4-14(7-8-14)10-13-6-5-9-15(11-13)12(2)3/h12-13H,4-11H2,1-3H3. The van der Waals surface area contributed by atoms with Crippen LogP contribution in [0.3, 0.4) is 0 Å². The molecule has 1 unspecified atom stereocenters. The van der Waals surface area contributed by atoms with Crippen LogP contribution in [0.1, 0.15) is 59.3 Å². The van der Waals surface area contributed by atoms with Crippen molar-refractivity contribution in [1.82, 2.24) is 4.90 Å². The van der Waals surface area contributed by atoms with Crippen LogP contribution >= 0.6 is 0 Å². The zero-order valence-electron chi connectivity index (χ0n) is 10.8. The van der Waals surface area contributed by atoms with Crippen molar-refractivity contribution in [1.29, 1.82) is 0 Å². The van der Waals surface area contributed by atoms with Crippen LogP contribution in [0.2, 0.25) is 0 Å². The topological polar surface area (TPSA) is 3.24 Å². The average Bonchev–Trinajstić information content (AvgIpc) is 2.99. The Balaban J connectivity index is 1.82. The fraction of sp³-hybridized carbons (Fsp3) is 1.00. The van der Waals surface area contributed by atoms with Gasteiger partial charge < -0.3 is 4.90 Å². The highest BCUT2D eigenvalue weighted by Gasteiger charge is 2.42. The summed E-state index contributed by atoms with van der Waals surface area (Å²) in [5.74, 6) is 1.00. The van der Waals surface area contributed by atoms with Crippen LogP contribution in [0.5, 0.6) is 0 Å². The predicted molar refractivity (Wildman–Crippen MR) is 66.0 cm³/mol. The summed E-state index contributed by atoms with van der Waals surface area (Å²) in [6.45, 7) is 9.78. The van der Waals surface area contributed by atoms with E-state index < -0.39 is 0 Å². The van der Waals surface area contributed by atoms with E-state index in [1.807, 2.05) is 0 Å². The van der Waals surface area contributed by atoms with Gasteiger partial charge in [0, 0.05) is 12.6 Å². The molecule has 1 saturated carbocycles. The lowest BCUT2D eigenvalue weighted by Gasteiger charge is -2.36. The normalized spacial score (nSPS) is 30.8. The molecule has 1 aliphatic carbocycles. The van der Waals surface area contributed by atoms with Crippen LogP contribution in [0.15, 0.2) is 0 Å². The van der Waals surface area contributed by atoms with Crippen LogP contribution in [0.4, 0.5) is 0 Å². The molecular formula is C14H27N. The van der Waals surface area contributed by atoms with Crippen LogP contribution < -0.4 is 0 Å². The van der Waals surface area contributed by atoms with E-state index in [-0.39, 0.29) is 0 Å². The third kappa shape index (κ3) is 2.75. The summed E-state index contributed by atoms with van der Waals surface area (Å²) < 4.78 is 0. The highest BCUT2D eigenvalue weighted by atomic mass is 15.2. The number of nitrogens with zero attached hydrogens (tertiary/aromatic N) is 1. The van der Waals surface area contributed by atoms with Crippen molar-refractivity contribution in [2.75, 3.05) is 13.1 Å². The zero-order valence-corrected chi connectivity index (χ0v) is 10.8. The maximum atomic E-state index is 2.68. The second kappa shape index (κ2) is 4.45. The van der Waals surface area contributed by atoms with Crippen LogP contribution in [0.25, 0.3) is 0 Å². The zero-order chi connectivity index (χ0) is 10.9. The molecule has 2 fully saturated rings. The summed E-state index contributed by atoms with van der Waals surface area (Å²) in [5, 5.41) is 0. The smallest absolute Gasteiger partial charge is 0.00387 e. The quantitative estimate of drug-likeness (QED) is 0.682. The lowest BCUT2D eigenvalue weighted by molar-refractivity contribution is 0.121. The first kappa shape index (κ1) is 11.4. The fourth-order valence-electron chi connectivity index (χ4n) is 3.22. The Labute approximate surface area is 95.2 Å². The molecular weight excluding hydrogens is 182 g/mol. The van der Waals surface area contributed by atoms with E-state index in [2.05, 4.69) is 25.7 Å². The molecule has 1 nitrogen and oxygen atoms in total. The van der Waals surface area contributed by atoms with Crippen molar-refractivity contribution >= 4 is 0 Å². The Morgan fingerprint density at radius 1 is 1.33 bits per heavy atom. The van der Waals surface area contributed by atoms with E-state index in [0.717, 1.165) is 17.4 Å². The van der Waals surface area contributed by atoms with Gasteiger partial charge in [-0.15, -0.1) is 0 Å². The predicted octanol–water partition coefficient (Wildman–Crippen LogP) is 3.69. The molecule has 0 aromatic heterocycles. The Kier molecular flexibility index (Phi) is 3.39. The van der Waals surface area contributed by atoms with E-state index >= 15 is 0 Å². The molecule has 0 radical (unpaired) electrons. The van der Waals surface area contributed by atoms with Gasteiger partial charge in [0.05, 0.1) is 0 Å². The van der Waals surface area contributed by atoms with E-state index in [1.54, 1.807) is 0 Å². The van der Waals surface area contributed by atoms with Gasteiger partial charge in [-0.05, 0) is 63.8 Å². The maximum Gasteiger partial charge on any atom is 0.00387 e. The van der Waals surface area contributed by atoms with Gasteiger partial charge in [0.1, 0.15) is 0 Å². The van der Waals surface area contributed by atoms with Crippen molar-refractivity contribution in [3.8, 4) is 0 Å². The molecule has 0 spiro atoms. The molecule has 1 aliphatic heterocycles. The average molecular weight is 209 g/mol. The monoisotopic (exact) mass is 209 g/mol. The van der Waals surface area contributed by atoms with Crippen LogP contribution in [-0.2, 0) is 0 Å². The summed E-state index contributed by atoms with van der Waals surface area (Å²) in [7, 11) is 0. The number of likely N-dealkylation sites (tertiary alicyclic amines) is 1. The number of piperidine rings is 1. The minimum absolute atomic E-state index is 0.754. The highest BCUT2D eigenvalue weighted by molar-refractivity contribution is 4.94. The van der Waals surface area contributed by atoms with Crippen LogP contribution in [-0.4, -0.2) is 24.0 Å². The van der Waals surface area contributed by atoms with E-state index in [0.29, 0.717) is 0 Å². The highest BCUT2D eigenvalue weighted by Crippen LogP contribution is 2.54. The number of hydrogen-bond acceptors (Lipinski definition) is 1. The molecule has 0 aromatic carbocycles. The van der Waals surface area contributed by atoms with Gasteiger partial charge in [-0.25, -0.2) is 0 Å². The molecule has 1 atom stereocenters. The lowest BCUT2D eigenvalue weighted by atomic mass is 9.84. The second-order valence-corrected chi connectivity index (χ2v) is 6.15. The summed E-state index contributed by atoms with van der Waals surface area (Å²) in [6, 6.07) is 0.754. The van der Waals surface area contributed by atoms with Gasteiger partial charge in [0.2, 0.25) is 0 Å². The van der Waals surface area contributed by atoms with E-state index in [9.17, 15) is 0 Å². The van der Waals surface area contributed by atoms with Gasteiger partial charge in [0.25, 0.3) is 0 Å². The molecule has 1 saturated heterocycles. The third-order valence-electron chi connectivity index (χ3n) is 4.71. The molecule has 2 aliphatic rings. The Hall–Kier alpha value is -0.0400. The first-order valence-electron chi connectivity index (χ1n) is 6.89. The maximum absolute atomic E-state index is 2.68. The van der Waals surface area contributed by atoms with Crippen molar-refractivity contribution < 1.29 is 0 Å². The number of rotatable bonds is 4. The molecule has 1 heterocycles. The summed E-state index contributed by atoms with van der Waals surface area (Å²) >= 11 is 0. The minimum Gasteiger partial charge on any atom is -0.301 e. The van der Waals surface area contributed by atoms with Gasteiger partial charge >= 0.3 is 0 Å². The molecule has 15 heavy (non-hydrogen) atoms. The summed E-state index contributed by atoms with van der Waals surface area (Å²) in [6.07, 6.45) is 8.90. The third-order valence-corrected chi connectivity index (χ3v) is 4.71. The first-order valence-corrected chi connectivity index (χ1v) is 6.89. The molecule has 0 N–H and O–H groups in total.